The maximum Gasteiger partial charge on any atom is 0.303 e. The van der Waals surface area contributed by atoms with Gasteiger partial charge in [-0.25, -0.2) is 0 Å². The predicted octanol–water partition coefficient (Wildman–Crippen LogP) is 2.04. The molecule has 0 aliphatic heterocycles. The number of nitrogens with one attached hydrogen (secondary N) is 1. The molecule has 0 saturated carbocycles. The number of hydrogen-bond donors (Lipinski definition) is 1. The van der Waals surface area contributed by atoms with Crippen molar-refractivity contribution < 1.29 is 18.7 Å². The molecule has 106 valence electrons. The van der Waals surface area contributed by atoms with Crippen LogP contribution in [-0.4, -0.2) is 24.5 Å². The number of para-hydroxylation sites is 1. The molecular formula is C15H17NO4. The Kier molecular flexibility index (Phi) is 4.40. The van der Waals surface area contributed by atoms with Crippen molar-refractivity contribution in [2.75, 3.05) is 6.61 Å². The van der Waals surface area contributed by atoms with Crippen LogP contribution < -0.4 is 5.32 Å². The molecule has 0 radical (unpaired) electrons. The van der Waals surface area contributed by atoms with Gasteiger partial charge in [0.25, 0.3) is 5.91 Å². The van der Waals surface area contributed by atoms with Gasteiger partial charge in [-0.3, -0.25) is 9.59 Å². The normalized spacial score (nSPS) is 12.1. The Morgan fingerprint density at radius 1 is 1.35 bits per heavy atom. The number of carbonyl (C=O) groups excluding carboxylic acids is 2. The van der Waals surface area contributed by atoms with E-state index in [1.54, 1.807) is 0 Å². The summed E-state index contributed by atoms with van der Waals surface area (Å²) >= 11 is 0. The zero-order valence-electron chi connectivity index (χ0n) is 11.5. The molecule has 1 amide bonds. The van der Waals surface area contributed by atoms with Gasteiger partial charge in [0.1, 0.15) is 11.3 Å². The highest BCUT2D eigenvalue weighted by molar-refractivity contribution is 5.80. The average molecular weight is 275 g/mol. The molecule has 0 fully saturated rings. The van der Waals surface area contributed by atoms with Gasteiger partial charge in [-0.05, 0) is 19.1 Å². The van der Waals surface area contributed by atoms with Crippen molar-refractivity contribution >= 4 is 22.8 Å². The second-order valence-electron chi connectivity index (χ2n) is 4.70. The quantitative estimate of drug-likeness (QED) is 0.848. The molecule has 0 aliphatic rings. The molecule has 1 unspecified atom stereocenters. The Hall–Kier alpha value is -2.30. The third-order valence-electron chi connectivity index (χ3n) is 2.80. The fourth-order valence-corrected chi connectivity index (χ4v) is 1.97. The summed E-state index contributed by atoms with van der Waals surface area (Å²) in [4.78, 5) is 22.1. The van der Waals surface area contributed by atoms with Crippen LogP contribution in [0, 0.1) is 0 Å². The van der Waals surface area contributed by atoms with Crippen molar-refractivity contribution in [2.45, 2.75) is 26.3 Å². The maximum absolute atomic E-state index is 11.5. The SMILES string of the molecule is CC(=O)OCC(=O)NC(C)Cc1cc2ccccc2o1. The second kappa shape index (κ2) is 6.23. The highest BCUT2D eigenvalue weighted by Gasteiger charge is 2.12. The Morgan fingerprint density at radius 2 is 2.10 bits per heavy atom. The van der Waals surface area contributed by atoms with Gasteiger partial charge in [-0.15, -0.1) is 0 Å². The fourth-order valence-electron chi connectivity index (χ4n) is 1.97. The van der Waals surface area contributed by atoms with E-state index in [1.165, 1.54) is 6.92 Å². The predicted molar refractivity (Wildman–Crippen MR) is 74.2 cm³/mol. The first-order valence-electron chi connectivity index (χ1n) is 6.45. The van der Waals surface area contributed by atoms with Gasteiger partial charge < -0.3 is 14.5 Å². The molecule has 1 heterocycles. The average Bonchev–Trinajstić information content (AvgIpc) is 2.78. The van der Waals surface area contributed by atoms with Gasteiger partial charge in [-0.1, -0.05) is 18.2 Å². The lowest BCUT2D eigenvalue weighted by molar-refractivity contribution is -0.146. The summed E-state index contributed by atoms with van der Waals surface area (Å²) in [6, 6.07) is 9.61. The lowest BCUT2D eigenvalue weighted by Crippen LogP contribution is -2.36. The van der Waals surface area contributed by atoms with Crippen LogP contribution in [0.5, 0.6) is 0 Å². The fraction of sp³-hybridized carbons (Fsp3) is 0.333. The van der Waals surface area contributed by atoms with Gasteiger partial charge >= 0.3 is 5.97 Å². The molecule has 5 heteroatoms. The minimum Gasteiger partial charge on any atom is -0.461 e. The van der Waals surface area contributed by atoms with Crippen LogP contribution in [-0.2, 0) is 20.7 Å². The Labute approximate surface area is 116 Å². The standard InChI is InChI=1S/C15H17NO4/c1-10(16-15(18)9-19-11(2)17)7-13-8-12-5-3-4-6-14(12)20-13/h3-6,8,10H,7,9H2,1-2H3,(H,16,18). The summed E-state index contributed by atoms with van der Waals surface area (Å²) in [6.07, 6.45) is 0.584. The molecule has 2 rings (SSSR count). The van der Waals surface area contributed by atoms with Crippen LogP contribution >= 0.6 is 0 Å². The van der Waals surface area contributed by atoms with E-state index in [1.807, 2.05) is 37.3 Å². The van der Waals surface area contributed by atoms with Gasteiger partial charge in [0.2, 0.25) is 0 Å². The summed E-state index contributed by atoms with van der Waals surface area (Å²) in [5.41, 5.74) is 0.834. The van der Waals surface area contributed by atoms with Crippen molar-refractivity contribution in [1.29, 1.82) is 0 Å². The second-order valence-corrected chi connectivity index (χ2v) is 4.70. The van der Waals surface area contributed by atoms with Crippen LogP contribution in [0.15, 0.2) is 34.7 Å². The first kappa shape index (κ1) is 14.1. The van der Waals surface area contributed by atoms with Crippen LogP contribution in [0.25, 0.3) is 11.0 Å². The number of hydrogen-bond acceptors (Lipinski definition) is 4. The first-order valence-corrected chi connectivity index (χ1v) is 6.45. The van der Waals surface area contributed by atoms with Crippen molar-refractivity contribution in [3.63, 3.8) is 0 Å². The first-order chi connectivity index (χ1) is 9.54. The highest BCUT2D eigenvalue weighted by Crippen LogP contribution is 2.19. The van der Waals surface area contributed by atoms with E-state index >= 15 is 0 Å². The number of carbonyl (C=O) groups is 2. The molecule has 1 atom stereocenters. The van der Waals surface area contributed by atoms with Crippen LogP contribution in [0.1, 0.15) is 19.6 Å². The smallest absolute Gasteiger partial charge is 0.303 e. The lowest BCUT2D eigenvalue weighted by atomic mass is 10.2. The van der Waals surface area contributed by atoms with Crippen molar-refractivity contribution in [3.05, 3.63) is 36.1 Å². The Bertz CT molecular complexity index is 584. The van der Waals surface area contributed by atoms with Gasteiger partial charge in [0.15, 0.2) is 6.61 Å². The lowest BCUT2D eigenvalue weighted by Gasteiger charge is -2.12. The third kappa shape index (κ3) is 3.85. The highest BCUT2D eigenvalue weighted by atomic mass is 16.5. The van der Waals surface area contributed by atoms with Crippen molar-refractivity contribution in [1.82, 2.24) is 5.32 Å². The van der Waals surface area contributed by atoms with E-state index in [9.17, 15) is 9.59 Å². The molecule has 1 aromatic heterocycles. The molecule has 1 aromatic carbocycles. The number of fused-ring (bicyclic) bond motifs is 1. The van der Waals surface area contributed by atoms with E-state index in [0.29, 0.717) is 6.42 Å². The monoisotopic (exact) mass is 275 g/mol. The van der Waals surface area contributed by atoms with Gasteiger partial charge in [-0.2, -0.15) is 0 Å². The molecule has 0 aliphatic carbocycles. The van der Waals surface area contributed by atoms with Gasteiger partial charge in [0.05, 0.1) is 0 Å². The number of amides is 1. The summed E-state index contributed by atoms with van der Waals surface area (Å²) < 4.78 is 10.3. The van der Waals surface area contributed by atoms with Crippen LogP contribution in [0.4, 0.5) is 0 Å². The van der Waals surface area contributed by atoms with E-state index in [2.05, 4.69) is 10.1 Å². The summed E-state index contributed by atoms with van der Waals surface area (Å²) in [5, 5.41) is 3.79. The number of rotatable bonds is 5. The molecule has 5 nitrogen and oxygen atoms in total. The summed E-state index contributed by atoms with van der Waals surface area (Å²) in [5.74, 6) is 0.0281. The Morgan fingerprint density at radius 3 is 2.80 bits per heavy atom. The van der Waals surface area contributed by atoms with Crippen LogP contribution in [0.3, 0.4) is 0 Å². The summed E-state index contributed by atoms with van der Waals surface area (Å²) in [7, 11) is 0. The van der Waals surface area contributed by atoms with E-state index in [-0.39, 0.29) is 18.6 Å². The van der Waals surface area contributed by atoms with E-state index < -0.39 is 5.97 Å². The van der Waals surface area contributed by atoms with Crippen molar-refractivity contribution in [3.8, 4) is 0 Å². The number of furan rings is 1. The minimum absolute atomic E-state index is 0.0985. The zero-order valence-corrected chi connectivity index (χ0v) is 11.5. The molecule has 0 bridgehead atoms. The molecular weight excluding hydrogens is 258 g/mol. The minimum atomic E-state index is -0.468. The number of benzene rings is 1. The molecule has 0 spiro atoms. The molecule has 20 heavy (non-hydrogen) atoms. The maximum atomic E-state index is 11.5. The van der Waals surface area contributed by atoms with Gasteiger partial charge in [0, 0.05) is 24.8 Å². The molecule has 1 N–H and O–H groups in total. The molecule has 0 saturated heterocycles. The van der Waals surface area contributed by atoms with Crippen molar-refractivity contribution in [2.24, 2.45) is 0 Å². The van der Waals surface area contributed by atoms with Crippen LogP contribution in [0.2, 0.25) is 0 Å². The third-order valence-corrected chi connectivity index (χ3v) is 2.80. The van der Waals surface area contributed by atoms with E-state index in [0.717, 1.165) is 16.7 Å². The zero-order chi connectivity index (χ0) is 14.5. The topological polar surface area (TPSA) is 68.5 Å². The summed E-state index contributed by atoms with van der Waals surface area (Å²) in [6.45, 7) is 2.89. The number of esters is 1. The number of ether oxygens (including phenoxy) is 1. The largest absolute Gasteiger partial charge is 0.461 e. The molecule has 2 aromatic rings. The van der Waals surface area contributed by atoms with E-state index in [4.69, 9.17) is 4.42 Å². The Balaban J connectivity index is 1.89.